The lowest BCUT2D eigenvalue weighted by Crippen LogP contribution is -2.48. The minimum atomic E-state index is -0.0944. The molecule has 34 heavy (non-hydrogen) atoms. The van der Waals surface area contributed by atoms with E-state index in [1.165, 1.54) is 24.6 Å². The summed E-state index contributed by atoms with van der Waals surface area (Å²) in [7, 11) is 3.57. The van der Waals surface area contributed by atoms with Gasteiger partial charge in [0.15, 0.2) is 5.16 Å². The second-order valence-electron chi connectivity index (χ2n) is 9.92. The van der Waals surface area contributed by atoms with Gasteiger partial charge in [-0.3, -0.25) is 4.79 Å². The first kappa shape index (κ1) is 23.0. The van der Waals surface area contributed by atoms with Crippen LogP contribution < -0.4 is 10.6 Å². The van der Waals surface area contributed by atoms with E-state index in [1.807, 2.05) is 18.5 Å². The van der Waals surface area contributed by atoms with Crippen molar-refractivity contribution in [3.63, 3.8) is 0 Å². The summed E-state index contributed by atoms with van der Waals surface area (Å²) in [4.78, 5) is 35.4. The van der Waals surface area contributed by atoms with Crippen LogP contribution in [-0.4, -0.2) is 68.0 Å². The van der Waals surface area contributed by atoms with Gasteiger partial charge in [-0.05, 0) is 50.4 Å². The number of fused-ring (bicyclic) bond motifs is 1. The van der Waals surface area contributed by atoms with Crippen molar-refractivity contribution in [3.8, 4) is 0 Å². The molecule has 0 unspecified atom stereocenters. The van der Waals surface area contributed by atoms with Crippen molar-refractivity contribution >= 4 is 34.5 Å². The fourth-order valence-electron chi connectivity index (χ4n) is 4.83. The zero-order chi connectivity index (χ0) is 23.9. The highest BCUT2D eigenvalue weighted by Gasteiger charge is 2.28. The molecule has 0 aromatic carbocycles. The lowest BCUT2D eigenvalue weighted by Gasteiger charge is -2.37. The molecule has 1 amide bonds. The zero-order valence-electron chi connectivity index (χ0n) is 20.1. The minimum Gasteiger partial charge on any atom is -0.355 e. The highest BCUT2D eigenvalue weighted by Crippen LogP contribution is 2.35. The van der Waals surface area contributed by atoms with Gasteiger partial charge in [0.05, 0.1) is 12.4 Å². The van der Waals surface area contributed by atoms with Gasteiger partial charge in [-0.15, -0.1) is 0 Å². The van der Waals surface area contributed by atoms with E-state index < -0.39 is 0 Å². The summed E-state index contributed by atoms with van der Waals surface area (Å²) in [6, 6.07) is 2.22. The fraction of sp³-hybridized carbons (Fsp3) is 0.542. The SMILES string of the molecule is CN(C)C(=O)c1cc2cnc(Sc3cnc(N4CCC(C)(N)CC4)cn3)nc2n1C1CCCC1. The summed E-state index contributed by atoms with van der Waals surface area (Å²) >= 11 is 1.39. The molecule has 0 spiro atoms. The molecule has 2 aliphatic rings. The highest BCUT2D eigenvalue weighted by atomic mass is 32.2. The summed E-state index contributed by atoms with van der Waals surface area (Å²) in [6.07, 6.45) is 11.8. The maximum atomic E-state index is 12.9. The molecule has 1 saturated carbocycles. The monoisotopic (exact) mass is 480 g/mol. The van der Waals surface area contributed by atoms with Crippen LogP contribution in [0.5, 0.6) is 0 Å². The van der Waals surface area contributed by atoms with Crippen molar-refractivity contribution in [2.75, 3.05) is 32.1 Å². The molecule has 5 rings (SSSR count). The Morgan fingerprint density at radius 3 is 2.50 bits per heavy atom. The van der Waals surface area contributed by atoms with Gasteiger partial charge in [-0.1, -0.05) is 12.8 Å². The number of piperidine rings is 1. The maximum absolute atomic E-state index is 12.9. The number of amides is 1. The summed E-state index contributed by atoms with van der Waals surface area (Å²) in [5.41, 5.74) is 7.65. The molecule has 1 saturated heterocycles. The van der Waals surface area contributed by atoms with Gasteiger partial charge in [0.25, 0.3) is 5.91 Å². The van der Waals surface area contributed by atoms with Gasteiger partial charge in [-0.25, -0.2) is 19.9 Å². The molecule has 2 N–H and O–H groups in total. The summed E-state index contributed by atoms with van der Waals surface area (Å²) in [5.74, 6) is 0.867. The second-order valence-corrected chi connectivity index (χ2v) is 10.9. The molecule has 1 aliphatic carbocycles. The Bertz CT molecular complexity index is 1170. The number of aromatic nitrogens is 5. The number of rotatable bonds is 5. The standard InChI is InChI=1S/C24H32N8OS/c1-24(25)8-10-31(11-9-24)19-14-27-20(15-26-19)34-23-28-13-16-12-18(22(33)30(2)3)32(21(16)29-23)17-6-4-5-7-17/h12-15,17H,4-11,25H2,1-3H3. The quantitative estimate of drug-likeness (QED) is 0.553. The average molecular weight is 481 g/mol. The molecule has 1 aliphatic heterocycles. The van der Waals surface area contributed by atoms with E-state index in [4.69, 9.17) is 10.7 Å². The lowest BCUT2D eigenvalue weighted by molar-refractivity contribution is 0.0815. The van der Waals surface area contributed by atoms with E-state index in [0.29, 0.717) is 16.9 Å². The normalized spacial score (nSPS) is 18.5. The first-order chi connectivity index (χ1) is 16.3. The van der Waals surface area contributed by atoms with E-state index in [1.54, 1.807) is 25.2 Å². The van der Waals surface area contributed by atoms with Gasteiger partial charge in [0, 0.05) is 50.3 Å². The third kappa shape index (κ3) is 4.61. The lowest BCUT2D eigenvalue weighted by atomic mass is 9.91. The van der Waals surface area contributed by atoms with Crippen molar-refractivity contribution < 1.29 is 4.79 Å². The van der Waals surface area contributed by atoms with E-state index in [9.17, 15) is 4.79 Å². The Balaban J connectivity index is 1.39. The van der Waals surface area contributed by atoms with Gasteiger partial charge in [-0.2, -0.15) is 0 Å². The molecular weight excluding hydrogens is 448 g/mol. The Labute approximate surface area is 204 Å². The highest BCUT2D eigenvalue weighted by molar-refractivity contribution is 7.99. The minimum absolute atomic E-state index is 0.00628. The van der Waals surface area contributed by atoms with Crippen LogP contribution in [0.4, 0.5) is 5.82 Å². The number of carbonyl (C=O) groups is 1. The Morgan fingerprint density at radius 2 is 1.85 bits per heavy atom. The molecule has 3 aromatic rings. The van der Waals surface area contributed by atoms with Crippen molar-refractivity contribution in [1.29, 1.82) is 0 Å². The first-order valence-corrected chi connectivity index (χ1v) is 12.8. The Morgan fingerprint density at radius 1 is 1.12 bits per heavy atom. The third-order valence-electron chi connectivity index (χ3n) is 6.91. The molecule has 2 fully saturated rings. The van der Waals surface area contributed by atoms with Crippen LogP contribution in [-0.2, 0) is 0 Å². The summed E-state index contributed by atoms with van der Waals surface area (Å²) < 4.78 is 2.13. The zero-order valence-corrected chi connectivity index (χ0v) is 20.9. The molecule has 10 heteroatoms. The smallest absolute Gasteiger partial charge is 0.270 e. The first-order valence-electron chi connectivity index (χ1n) is 11.9. The van der Waals surface area contributed by atoms with Crippen LogP contribution in [0.15, 0.2) is 34.8 Å². The Kier molecular flexibility index (Phi) is 6.20. The summed E-state index contributed by atoms with van der Waals surface area (Å²) in [5, 5.41) is 2.24. The van der Waals surface area contributed by atoms with Crippen LogP contribution in [0.1, 0.15) is 62.0 Å². The van der Waals surface area contributed by atoms with Gasteiger partial charge in [0.2, 0.25) is 0 Å². The number of carbonyl (C=O) groups excluding carboxylic acids is 1. The maximum Gasteiger partial charge on any atom is 0.270 e. The van der Waals surface area contributed by atoms with Gasteiger partial charge >= 0.3 is 0 Å². The number of hydrogen-bond acceptors (Lipinski definition) is 8. The van der Waals surface area contributed by atoms with E-state index >= 15 is 0 Å². The van der Waals surface area contributed by atoms with Crippen molar-refractivity contribution in [3.05, 3.63) is 30.4 Å². The number of anilines is 1. The van der Waals surface area contributed by atoms with Crippen LogP contribution in [0.3, 0.4) is 0 Å². The van der Waals surface area contributed by atoms with Gasteiger partial charge in [0.1, 0.15) is 22.2 Å². The largest absolute Gasteiger partial charge is 0.355 e. The number of hydrogen-bond donors (Lipinski definition) is 1. The third-order valence-corrected chi connectivity index (χ3v) is 7.71. The predicted molar refractivity (Wildman–Crippen MR) is 133 cm³/mol. The molecule has 4 heterocycles. The van der Waals surface area contributed by atoms with Crippen LogP contribution >= 0.6 is 11.8 Å². The van der Waals surface area contributed by atoms with E-state index in [0.717, 1.165) is 60.7 Å². The molecule has 3 aromatic heterocycles. The van der Waals surface area contributed by atoms with Crippen LogP contribution in [0, 0.1) is 0 Å². The van der Waals surface area contributed by atoms with Crippen molar-refractivity contribution in [2.24, 2.45) is 5.73 Å². The van der Waals surface area contributed by atoms with Crippen molar-refractivity contribution in [1.82, 2.24) is 29.4 Å². The molecule has 0 bridgehead atoms. The molecule has 9 nitrogen and oxygen atoms in total. The number of nitrogens with zero attached hydrogens (tertiary/aromatic N) is 7. The molecule has 180 valence electrons. The Hall–Kier alpha value is -2.72. The average Bonchev–Trinajstić information content (AvgIpc) is 3.46. The predicted octanol–water partition coefficient (Wildman–Crippen LogP) is 3.51. The molecule has 0 radical (unpaired) electrons. The van der Waals surface area contributed by atoms with Crippen LogP contribution in [0.2, 0.25) is 0 Å². The molecular formula is C24H32N8OS. The topological polar surface area (TPSA) is 106 Å². The molecule has 0 atom stereocenters. The number of nitrogens with two attached hydrogens (primary N) is 1. The van der Waals surface area contributed by atoms with E-state index in [-0.39, 0.29) is 11.4 Å². The fourth-order valence-corrected chi connectivity index (χ4v) is 5.47. The van der Waals surface area contributed by atoms with Crippen LogP contribution in [0.25, 0.3) is 11.0 Å². The van der Waals surface area contributed by atoms with Gasteiger partial charge < -0.3 is 20.1 Å². The van der Waals surface area contributed by atoms with E-state index in [2.05, 4.69) is 31.3 Å². The summed E-state index contributed by atoms with van der Waals surface area (Å²) in [6.45, 7) is 3.88. The second kappa shape index (κ2) is 9.14. The van der Waals surface area contributed by atoms with Crippen molar-refractivity contribution in [2.45, 2.75) is 67.2 Å².